The van der Waals surface area contributed by atoms with Crippen LogP contribution in [-0.2, 0) is 5.41 Å². The molecule has 2 aliphatic carbocycles. The monoisotopic (exact) mass is 473 g/mol. The number of carbonyl (C=O) groups is 1. The molecular formula is C26H30F3N3O2. The Morgan fingerprint density at radius 1 is 1.15 bits per heavy atom. The highest BCUT2D eigenvalue weighted by atomic mass is 19.4. The maximum atomic E-state index is 12.6. The smallest absolute Gasteiger partial charge is 0.390 e. The number of fused-ring (bicyclic) bond motifs is 1. The van der Waals surface area contributed by atoms with Gasteiger partial charge in [-0.2, -0.15) is 13.2 Å². The number of benzene rings is 1. The Bertz CT molecular complexity index is 1060. The van der Waals surface area contributed by atoms with Gasteiger partial charge in [0.1, 0.15) is 0 Å². The van der Waals surface area contributed by atoms with Gasteiger partial charge in [-0.15, -0.1) is 0 Å². The van der Waals surface area contributed by atoms with Crippen LogP contribution in [0.4, 0.5) is 13.2 Å². The molecule has 5 nitrogen and oxygen atoms in total. The van der Waals surface area contributed by atoms with E-state index in [4.69, 9.17) is 5.73 Å². The summed E-state index contributed by atoms with van der Waals surface area (Å²) in [4.78, 5) is 18.7. The van der Waals surface area contributed by atoms with Crippen molar-refractivity contribution in [2.24, 2.45) is 11.7 Å². The number of primary amides is 1. The van der Waals surface area contributed by atoms with Crippen LogP contribution in [-0.4, -0.2) is 52.8 Å². The van der Waals surface area contributed by atoms with Crippen molar-refractivity contribution < 1.29 is 23.1 Å². The molecule has 2 aromatic rings. The molecule has 2 atom stereocenters. The van der Waals surface area contributed by atoms with E-state index >= 15 is 0 Å². The summed E-state index contributed by atoms with van der Waals surface area (Å²) in [5.41, 5.74) is 9.69. The molecule has 1 aromatic carbocycles. The van der Waals surface area contributed by atoms with Crippen LogP contribution in [0.1, 0.15) is 66.1 Å². The fourth-order valence-corrected chi connectivity index (χ4v) is 5.99. The molecule has 8 heteroatoms. The van der Waals surface area contributed by atoms with Crippen LogP contribution < -0.4 is 5.73 Å². The van der Waals surface area contributed by atoms with Gasteiger partial charge < -0.3 is 15.7 Å². The number of aliphatic hydroxyl groups is 1. The fraction of sp³-hybridized carbons (Fsp3) is 0.538. The molecule has 3 aliphatic rings. The Hall–Kier alpha value is -2.45. The van der Waals surface area contributed by atoms with Crippen LogP contribution in [0.5, 0.6) is 0 Å². The summed E-state index contributed by atoms with van der Waals surface area (Å²) in [7, 11) is 0. The van der Waals surface area contributed by atoms with Crippen molar-refractivity contribution in [2.75, 3.05) is 19.6 Å². The molecule has 1 saturated heterocycles. The second kappa shape index (κ2) is 8.64. The molecule has 0 radical (unpaired) electrons. The van der Waals surface area contributed by atoms with Crippen molar-refractivity contribution >= 4 is 5.91 Å². The summed E-state index contributed by atoms with van der Waals surface area (Å²) in [6.07, 6.45) is 0.593. The molecular weight excluding hydrogens is 443 g/mol. The number of nitrogens with zero attached hydrogens (tertiary/aromatic N) is 2. The number of nitrogens with two attached hydrogens (primary N) is 1. The van der Waals surface area contributed by atoms with Gasteiger partial charge >= 0.3 is 6.18 Å². The van der Waals surface area contributed by atoms with Gasteiger partial charge in [-0.1, -0.05) is 24.3 Å². The van der Waals surface area contributed by atoms with Gasteiger partial charge in [0.2, 0.25) is 0 Å². The molecule has 3 N–H and O–H groups in total. The molecule has 1 amide bonds. The van der Waals surface area contributed by atoms with Crippen molar-refractivity contribution in [3.63, 3.8) is 0 Å². The molecule has 0 bridgehead atoms. The molecule has 34 heavy (non-hydrogen) atoms. The van der Waals surface area contributed by atoms with Gasteiger partial charge in [-0.25, -0.2) is 0 Å². The van der Waals surface area contributed by atoms with E-state index in [0.717, 1.165) is 42.5 Å². The molecule has 2 saturated carbocycles. The van der Waals surface area contributed by atoms with Gasteiger partial charge in [0.15, 0.2) is 0 Å². The average molecular weight is 474 g/mol. The molecule has 2 unspecified atom stereocenters. The van der Waals surface area contributed by atoms with E-state index in [-0.39, 0.29) is 24.0 Å². The van der Waals surface area contributed by atoms with Crippen LogP contribution in [0.2, 0.25) is 0 Å². The number of alkyl halides is 3. The predicted molar refractivity (Wildman–Crippen MR) is 122 cm³/mol. The lowest BCUT2D eigenvalue weighted by atomic mass is 9.83. The lowest BCUT2D eigenvalue weighted by molar-refractivity contribution is -0.137. The Balaban J connectivity index is 1.31. The second-order valence-corrected chi connectivity index (χ2v) is 10.3. The summed E-state index contributed by atoms with van der Waals surface area (Å²) in [5, 5.41) is 9.78. The van der Waals surface area contributed by atoms with Crippen LogP contribution in [0, 0.1) is 5.92 Å². The Kier molecular flexibility index (Phi) is 5.92. The lowest BCUT2D eigenvalue weighted by Gasteiger charge is -2.26. The molecule has 3 fully saturated rings. The van der Waals surface area contributed by atoms with Crippen molar-refractivity contribution in [1.82, 2.24) is 9.88 Å². The number of carbonyl (C=O) groups excluding carboxylic acids is 1. The Morgan fingerprint density at radius 2 is 1.85 bits per heavy atom. The number of aliphatic hydroxyl groups excluding tert-OH is 1. The highest BCUT2D eigenvalue weighted by molar-refractivity contribution is 5.95. The van der Waals surface area contributed by atoms with Gasteiger partial charge in [-0.05, 0) is 55.2 Å². The number of aromatic nitrogens is 1. The summed E-state index contributed by atoms with van der Waals surface area (Å²) in [6.45, 7) is 1.46. The first-order valence-electron chi connectivity index (χ1n) is 12.0. The quantitative estimate of drug-likeness (QED) is 0.652. The number of rotatable bonds is 6. The number of pyridine rings is 1. The zero-order valence-corrected chi connectivity index (χ0v) is 19.0. The molecule has 1 aliphatic heterocycles. The minimum absolute atomic E-state index is 0.0316. The second-order valence-electron chi connectivity index (χ2n) is 10.3. The maximum absolute atomic E-state index is 12.6. The van der Waals surface area contributed by atoms with Crippen molar-refractivity contribution in [3.8, 4) is 11.1 Å². The average Bonchev–Trinajstić information content (AvgIpc) is 3.38. The largest absolute Gasteiger partial charge is 0.393 e. The minimum atomic E-state index is -4.12. The van der Waals surface area contributed by atoms with Crippen molar-refractivity contribution in [3.05, 3.63) is 53.3 Å². The number of hydrogen-bond acceptors (Lipinski definition) is 4. The minimum Gasteiger partial charge on any atom is -0.393 e. The summed E-state index contributed by atoms with van der Waals surface area (Å²) < 4.78 is 37.8. The number of piperidine rings is 1. The third-order valence-electron chi connectivity index (χ3n) is 7.99. The Morgan fingerprint density at radius 3 is 2.50 bits per heavy atom. The van der Waals surface area contributed by atoms with Crippen LogP contribution in [0.15, 0.2) is 36.5 Å². The van der Waals surface area contributed by atoms with E-state index in [1.807, 2.05) is 17.0 Å². The zero-order chi connectivity index (χ0) is 24.1. The highest BCUT2D eigenvalue weighted by Crippen LogP contribution is 2.59. The van der Waals surface area contributed by atoms with E-state index in [0.29, 0.717) is 36.6 Å². The van der Waals surface area contributed by atoms with E-state index in [1.54, 1.807) is 12.3 Å². The van der Waals surface area contributed by atoms with Crippen molar-refractivity contribution in [1.29, 1.82) is 0 Å². The third kappa shape index (κ3) is 4.58. The first kappa shape index (κ1) is 23.3. The van der Waals surface area contributed by atoms with E-state index < -0.39 is 18.5 Å². The van der Waals surface area contributed by atoms with Gasteiger partial charge in [-0.3, -0.25) is 9.78 Å². The topological polar surface area (TPSA) is 79.5 Å². The molecule has 1 aromatic heterocycles. The van der Waals surface area contributed by atoms with Gasteiger partial charge in [0.05, 0.1) is 23.8 Å². The van der Waals surface area contributed by atoms with Crippen LogP contribution in [0.3, 0.4) is 0 Å². The molecule has 5 rings (SSSR count). The maximum Gasteiger partial charge on any atom is 0.390 e. The SMILES string of the molecule is NC(=O)c1cc(-c2ccc(C34CC3CN(CCC(F)(F)F)C4)cc2)cnc1C1CCC(O)CC1. The standard InChI is InChI=1S/C26H30F3N3O2/c27-26(28,29)9-10-32-14-20-12-25(20,15-32)19-5-1-16(2-6-19)18-11-22(24(30)34)23(31-13-18)17-3-7-21(33)8-4-17/h1-2,5-6,11,13,17,20-21,33H,3-4,7-10,12,14-15H2,(H2,30,34). The van der Waals surface area contributed by atoms with Crippen LogP contribution >= 0.6 is 0 Å². The molecule has 0 spiro atoms. The number of hydrogen-bond donors (Lipinski definition) is 2. The summed E-state index contributed by atoms with van der Waals surface area (Å²) in [5.74, 6) is 0.0376. The molecule has 2 heterocycles. The lowest BCUT2D eigenvalue weighted by Crippen LogP contribution is -2.30. The van der Waals surface area contributed by atoms with Gasteiger partial charge in [0, 0.05) is 42.7 Å². The first-order valence-corrected chi connectivity index (χ1v) is 12.0. The van der Waals surface area contributed by atoms with E-state index in [2.05, 4.69) is 17.1 Å². The van der Waals surface area contributed by atoms with Gasteiger partial charge in [0.25, 0.3) is 5.91 Å². The van der Waals surface area contributed by atoms with Crippen molar-refractivity contribution in [2.45, 2.75) is 62.1 Å². The highest BCUT2D eigenvalue weighted by Gasteiger charge is 2.60. The van der Waals surface area contributed by atoms with E-state index in [1.165, 1.54) is 0 Å². The first-order chi connectivity index (χ1) is 16.1. The zero-order valence-electron chi connectivity index (χ0n) is 19.0. The number of amides is 1. The fourth-order valence-electron chi connectivity index (χ4n) is 5.99. The predicted octanol–water partition coefficient (Wildman–Crippen LogP) is 4.39. The van der Waals surface area contributed by atoms with E-state index in [9.17, 15) is 23.1 Å². The normalized spacial score (nSPS) is 29.1. The molecule has 182 valence electrons. The summed E-state index contributed by atoms with van der Waals surface area (Å²) in [6, 6.07) is 9.91. The third-order valence-corrected chi connectivity index (χ3v) is 7.99. The summed E-state index contributed by atoms with van der Waals surface area (Å²) >= 11 is 0. The number of halogens is 3. The van der Waals surface area contributed by atoms with Crippen LogP contribution in [0.25, 0.3) is 11.1 Å². The number of likely N-dealkylation sites (tertiary alicyclic amines) is 1. The Labute approximate surface area is 197 Å².